The van der Waals surface area contributed by atoms with E-state index in [2.05, 4.69) is 21.4 Å². The van der Waals surface area contributed by atoms with E-state index in [-0.39, 0.29) is 28.7 Å². The monoisotopic (exact) mass is 712 g/mol. The number of halogens is 1. The minimum Gasteiger partial charge on any atom is -0.497 e. The zero-order chi connectivity index (χ0) is 35.3. The average Bonchev–Trinajstić information content (AvgIpc) is 4.08. The summed E-state index contributed by atoms with van der Waals surface area (Å²) in [6, 6.07) is 13.9. The van der Waals surface area contributed by atoms with Gasteiger partial charge in [-0.25, -0.2) is 22.5 Å². The topological polar surface area (TPSA) is 129 Å². The fourth-order valence-corrected chi connectivity index (χ4v) is 8.35. The molecule has 3 fully saturated rings. The average molecular weight is 713 g/mol. The minimum absolute atomic E-state index is 0.0200. The van der Waals surface area contributed by atoms with E-state index in [1.807, 2.05) is 49.1 Å². The molecule has 51 heavy (non-hydrogen) atoms. The van der Waals surface area contributed by atoms with Crippen LogP contribution in [0.25, 0.3) is 11.3 Å². The molecule has 1 atom stereocenters. The number of benzene rings is 2. The Balaban J connectivity index is 1.27. The molecule has 8 rings (SSSR count). The Hall–Kier alpha value is -4.82. The molecule has 0 spiro atoms. The number of rotatable bonds is 12. The molecule has 3 aromatic heterocycles. The van der Waals surface area contributed by atoms with Gasteiger partial charge in [-0.15, -0.1) is 0 Å². The number of anilines is 4. The maximum absolute atomic E-state index is 15.7. The van der Waals surface area contributed by atoms with E-state index in [1.54, 1.807) is 18.0 Å². The van der Waals surface area contributed by atoms with E-state index < -0.39 is 20.9 Å². The lowest BCUT2D eigenvalue weighted by molar-refractivity contribution is -0.0405. The zero-order valence-corrected chi connectivity index (χ0v) is 29.7. The number of methoxy groups -OCH3 is 1. The van der Waals surface area contributed by atoms with E-state index in [0.717, 1.165) is 66.3 Å². The summed E-state index contributed by atoms with van der Waals surface area (Å²) in [4.78, 5) is 12.2. The maximum atomic E-state index is 15.7. The first kappa shape index (κ1) is 33.3. The Morgan fingerprint density at radius 1 is 1.04 bits per heavy atom. The van der Waals surface area contributed by atoms with Gasteiger partial charge < -0.3 is 19.7 Å². The van der Waals surface area contributed by atoms with Crippen LogP contribution in [0.2, 0.25) is 0 Å². The molecule has 1 unspecified atom stereocenters. The first-order valence-electron chi connectivity index (χ1n) is 17.5. The van der Waals surface area contributed by atoms with Gasteiger partial charge in [0.25, 0.3) is 0 Å². The third-order valence-electron chi connectivity index (χ3n) is 9.74. The third-order valence-corrected chi connectivity index (χ3v) is 12.0. The second-order valence-corrected chi connectivity index (χ2v) is 15.9. The number of aryl methyl sites for hydroxylation is 2. The summed E-state index contributed by atoms with van der Waals surface area (Å²) < 4.78 is 56.6. The Labute approximate surface area is 296 Å². The number of aromatic nitrogens is 6. The molecule has 2 aliphatic carbocycles. The van der Waals surface area contributed by atoms with Gasteiger partial charge in [0.05, 0.1) is 41.4 Å². The first-order chi connectivity index (χ1) is 24.7. The molecule has 3 aliphatic rings. The van der Waals surface area contributed by atoms with Crippen LogP contribution in [0.3, 0.4) is 0 Å². The van der Waals surface area contributed by atoms with Crippen LogP contribution in [0, 0.1) is 12.7 Å². The fraction of sp³-hybridized carbons (Fsp3) is 0.405. The van der Waals surface area contributed by atoms with Crippen molar-refractivity contribution in [1.29, 1.82) is 0 Å². The van der Waals surface area contributed by atoms with Gasteiger partial charge in [-0.2, -0.15) is 15.2 Å². The Morgan fingerprint density at radius 2 is 1.84 bits per heavy atom. The van der Waals surface area contributed by atoms with Crippen molar-refractivity contribution in [3.05, 3.63) is 83.6 Å². The first-order valence-corrected chi connectivity index (χ1v) is 19.0. The van der Waals surface area contributed by atoms with Crippen molar-refractivity contribution in [2.45, 2.75) is 80.7 Å². The molecule has 2 saturated carbocycles. The van der Waals surface area contributed by atoms with E-state index in [1.165, 1.54) is 12.1 Å². The number of hydrogen-bond donors (Lipinski definition) is 1. The molecular formula is C37H41FN8O4S. The molecule has 0 radical (unpaired) electrons. The third kappa shape index (κ3) is 6.81. The van der Waals surface area contributed by atoms with Crippen LogP contribution in [-0.4, -0.2) is 56.9 Å². The Kier molecular flexibility index (Phi) is 8.75. The number of ether oxygens (including phenoxy) is 2. The van der Waals surface area contributed by atoms with Gasteiger partial charge in [-0.05, 0) is 93.7 Å². The van der Waals surface area contributed by atoms with E-state index in [9.17, 15) is 8.42 Å². The molecule has 5 aromatic rings. The molecule has 4 heterocycles. The molecule has 0 amide bonds. The number of hydrogen-bond acceptors (Lipinski definition) is 10. The molecule has 0 bridgehead atoms. The van der Waals surface area contributed by atoms with Crippen molar-refractivity contribution in [2.75, 3.05) is 23.9 Å². The standard InChI is InChI=1S/C37H41FN8O4S/c1-23-18-32(43-46(23)33-6-4-5-17-50-33)45(21-24-7-11-27(49-3)12-8-24)36-34(25-9-10-25)35(26-20-39-44(2)22-26)41-37(42-36)40-31-16-15-29(19-30(31)38)51(47,48)28-13-14-28/h7-8,11-12,15-16,18-20,22,25,28,33H,4-6,9-10,13-14,17,21H2,1-3H3,(H,40,41,42). The van der Waals surface area contributed by atoms with Crippen LogP contribution in [-0.2, 0) is 28.2 Å². The summed E-state index contributed by atoms with van der Waals surface area (Å²) >= 11 is 0. The van der Waals surface area contributed by atoms with Gasteiger partial charge in [0, 0.05) is 42.7 Å². The highest BCUT2D eigenvalue weighted by Gasteiger charge is 2.38. The smallest absolute Gasteiger partial charge is 0.229 e. The van der Waals surface area contributed by atoms with Crippen molar-refractivity contribution in [3.8, 4) is 17.0 Å². The summed E-state index contributed by atoms with van der Waals surface area (Å²) in [5.41, 5.74) is 4.51. The highest BCUT2D eigenvalue weighted by atomic mass is 32.2. The predicted molar refractivity (Wildman–Crippen MR) is 191 cm³/mol. The molecule has 1 aliphatic heterocycles. The van der Waals surface area contributed by atoms with E-state index in [4.69, 9.17) is 24.5 Å². The second-order valence-electron chi connectivity index (χ2n) is 13.7. The summed E-state index contributed by atoms with van der Waals surface area (Å²) in [5, 5.41) is 12.2. The summed E-state index contributed by atoms with van der Waals surface area (Å²) in [5.74, 6) is 1.76. The van der Waals surface area contributed by atoms with Crippen LogP contribution < -0.4 is 15.0 Å². The molecule has 2 aromatic carbocycles. The van der Waals surface area contributed by atoms with E-state index >= 15 is 4.39 Å². The highest BCUT2D eigenvalue weighted by molar-refractivity contribution is 7.92. The van der Waals surface area contributed by atoms with Crippen molar-refractivity contribution in [2.24, 2.45) is 7.05 Å². The SMILES string of the molecule is COc1ccc(CN(c2cc(C)n(C3CCCCO3)n2)c2nc(Nc3ccc(S(=O)(=O)C4CC4)cc3F)nc(-c3cnn(C)c3)c2C2CC2)cc1. The van der Waals surface area contributed by atoms with Gasteiger partial charge in [-0.3, -0.25) is 4.68 Å². The quantitative estimate of drug-likeness (QED) is 0.143. The molecular weight excluding hydrogens is 672 g/mol. The lowest BCUT2D eigenvalue weighted by Gasteiger charge is -2.27. The molecule has 1 saturated heterocycles. The minimum atomic E-state index is -3.56. The lowest BCUT2D eigenvalue weighted by Crippen LogP contribution is -2.23. The van der Waals surface area contributed by atoms with E-state index in [0.29, 0.717) is 43.3 Å². The van der Waals surface area contributed by atoms with Crippen LogP contribution in [0.1, 0.15) is 73.9 Å². The predicted octanol–water partition coefficient (Wildman–Crippen LogP) is 7.12. The van der Waals surface area contributed by atoms with Crippen LogP contribution >= 0.6 is 0 Å². The Morgan fingerprint density at radius 3 is 2.49 bits per heavy atom. The number of nitrogens with zero attached hydrogens (tertiary/aromatic N) is 7. The Bertz CT molecular complexity index is 2170. The maximum Gasteiger partial charge on any atom is 0.229 e. The van der Waals surface area contributed by atoms with Crippen molar-refractivity contribution in [1.82, 2.24) is 29.5 Å². The summed E-state index contributed by atoms with van der Waals surface area (Å²) in [7, 11) is -0.0633. The van der Waals surface area contributed by atoms with Gasteiger partial charge in [0.1, 0.15) is 17.4 Å². The van der Waals surface area contributed by atoms with Crippen LogP contribution in [0.4, 0.5) is 27.7 Å². The lowest BCUT2D eigenvalue weighted by atomic mass is 10.0. The number of sulfone groups is 1. The zero-order valence-electron chi connectivity index (χ0n) is 28.9. The van der Waals surface area contributed by atoms with Crippen molar-refractivity contribution < 1.29 is 22.3 Å². The van der Waals surface area contributed by atoms with Gasteiger partial charge in [0.2, 0.25) is 5.95 Å². The highest BCUT2D eigenvalue weighted by Crippen LogP contribution is 2.49. The van der Waals surface area contributed by atoms with Gasteiger partial charge in [-0.1, -0.05) is 12.1 Å². The summed E-state index contributed by atoms with van der Waals surface area (Å²) in [6.07, 6.45) is 9.66. The second kappa shape index (κ2) is 13.4. The van der Waals surface area contributed by atoms with Crippen molar-refractivity contribution >= 4 is 33.1 Å². The van der Waals surface area contributed by atoms with Crippen LogP contribution in [0.15, 0.2) is 65.8 Å². The normalized spacial score (nSPS) is 17.8. The largest absolute Gasteiger partial charge is 0.497 e. The van der Waals surface area contributed by atoms with Gasteiger partial charge >= 0.3 is 0 Å². The molecule has 14 heteroatoms. The number of nitrogens with one attached hydrogen (secondary N) is 1. The molecule has 12 nitrogen and oxygen atoms in total. The summed E-state index contributed by atoms with van der Waals surface area (Å²) in [6.45, 7) is 3.16. The van der Waals surface area contributed by atoms with Crippen LogP contribution in [0.5, 0.6) is 5.75 Å². The van der Waals surface area contributed by atoms with Gasteiger partial charge in [0.15, 0.2) is 21.9 Å². The van der Waals surface area contributed by atoms with Crippen molar-refractivity contribution in [3.63, 3.8) is 0 Å². The molecule has 1 N–H and O–H groups in total. The fourth-order valence-electron chi connectivity index (χ4n) is 6.69. The molecule has 266 valence electrons.